The summed E-state index contributed by atoms with van der Waals surface area (Å²) in [4.78, 5) is 0. The minimum absolute atomic E-state index is 0.509. The van der Waals surface area contributed by atoms with Gasteiger partial charge in [-0.25, -0.2) is 4.39 Å². The minimum atomic E-state index is -1.23. The number of unbranched alkanes of at least 4 members (excludes halogenated alkanes) is 1. The summed E-state index contributed by atoms with van der Waals surface area (Å²) in [6.07, 6.45) is 4.76. The van der Waals surface area contributed by atoms with Crippen molar-refractivity contribution >= 4 is 0 Å². The predicted molar refractivity (Wildman–Crippen MR) is 73.4 cm³/mol. The van der Waals surface area contributed by atoms with Crippen molar-refractivity contribution in [3.63, 3.8) is 0 Å². The zero-order valence-corrected chi connectivity index (χ0v) is 12.1. The Morgan fingerprint density at radius 2 is 2.11 bits per heavy atom. The third-order valence-corrected chi connectivity index (χ3v) is 3.53. The highest BCUT2D eigenvalue weighted by Crippen LogP contribution is 2.36. The van der Waals surface area contributed by atoms with Gasteiger partial charge in [0.1, 0.15) is 0 Å². The Labute approximate surface area is 110 Å². The van der Waals surface area contributed by atoms with E-state index in [1.165, 1.54) is 0 Å². The van der Waals surface area contributed by atoms with Crippen molar-refractivity contribution in [2.45, 2.75) is 52.1 Å². The van der Waals surface area contributed by atoms with Crippen molar-refractivity contribution in [3.05, 3.63) is 17.5 Å². The summed E-state index contributed by atoms with van der Waals surface area (Å²) in [6, 6.07) is 0. The molecule has 0 amide bonds. The maximum atomic E-state index is 15.0. The van der Waals surface area contributed by atoms with Crippen molar-refractivity contribution in [3.8, 4) is 0 Å². The number of nitrogens with zero attached hydrogens (tertiary/aromatic N) is 2. The van der Waals surface area contributed by atoms with E-state index in [2.05, 4.69) is 17.3 Å². The van der Waals surface area contributed by atoms with Gasteiger partial charge in [0, 0.05) is 7.05 Å². The lowest BCUT2D eigenvalue weighted by Gasteiger charge is -2.25. The zero-order chi connectivity index (χ0) is 13.6. The fraction of sp³-hybridized carbons (Fsp3) is 0.786. The molecule has 0 saturated heterocycles. The van der Waals surface area contributed by atoms with Crippen LogP contribution in [0.1, 0.15) is 50.8 Å². The van der Waals surface area contributed by atoms with Crippen LogP contribution in [0.3, 0.4) is 0 Å². The van der Waals surface area contributed by atoms with E-state index < -0.39 is 5.67 Å². The molecule has 0 aliphatic heterocycles. The highest BCUT2D eigenvalue weighted by atomic mass is 19.1. The van der Waals surface area contributed by atoms with E-state index in [4.69, 9.17) is 0 Å². The molecule has 18 heavy (non-hydrogen) atoms. The smallest absolute Gasteiger partial charge is 0.152 e. The second-order valence-electron chi connectivity index (χ2n) is 4.93. The number of nitrogens with one attached hydrogen (secondary N) is 1. The van der Waals surface area contributed by atoms with E-state index in [1.54, 1.807) is 10.9 Å². The maximum absolute atomic E-state index is 15.0. The molecule has 0 aliphatic rings. The van der Waals surface area contributed by atoms with E-state index in [1.807, 2.05) is 20.9 Å². The number of aryl methyl sites for hydroxylation is 2. The van der Waals surface area contributed by atoms with E-state index >= 15 is 4.39 Å². The first-order chi connectivity index (χ1) is 8.55. The van der Waals surface area contributed by atoms with Crippen LogP contribution in [0.2, 0.25) is 0 Å². The van der Waals surface area contributed by atoms with Gasteiger partial charge in [-0.15, -0.1) is 0 Å². The molecule has 1 N–H and O–H groups in total. The predicted octanol–water partition coefficient (Wildman–Crippen LogP) is 3.08. The monoisotopic (exact) mass is 255 g/mol. The Bertz CT molecular complexity index is 342. The maximum Gasteiger partial charge on any atom is 0.152 e. The molecule has 1 aromatic rings. The molecule has 1 unspecified atom stereocenters. The van der Waals surface area contributed by atoms with Gasteiger partial charge >= 0.3 is 0 Å². The Morgan fingerprint density at radius 3 is 2.61 bits per heavy atom. The summed E-state index contributed by atoms with van der Waals surface area (Å²) < 4.78 is 16.7. The highest BCUT2D eigenvalue weighted by molar-refractivity contribution is 5.22. The number of hydrogen-bond donors (Lipinski definition) is 1. The van der Waals surface area contributed by atoms with Gasteiger partial charge in [-0.05, 0) is 51.3 Å². The first-order valence-electron chi connectivity index (χ1n) is 6.94. The Balaban J connectivity index is 2.62. The van der Waals surface area contributed by atoms with Gasteiger partial charge in [0.05, 0.1) is 11.9 Å². The van der Waals surface area contributed by atoms with Crippen molar-refractivity contribution < 1.29 is 4.39 Å². The van der Waals surface area contributed by atoms with Gasteiger partial charge in [-0.2, -0.15) is 5.10 Å². The number of aromatic nitrogens is 2. The molecule has 104 valence electrons. The van der Waals surface area contributed by atoms with Gasteiger partial charge in [0.2, 0.25) is 0 Å². The molecule has 1 rings (SSSR count). The van der Waals surface area contributed by atoms with E-state index in [0.29, 0.717) is 12.8 Å². The van der Waals surface area contributed by atoms with E-state index in [-0.39, 0.29) is 0 Å². The van der Waals surface area contributed by atoms with Crippen LogP contribution >= 0.6 is 0 Å². The molecule has 0 aliphatic carbocycles. The van der Waals surface area contributed by atoms with Crippen molar-refractivity contribution in [1.82, 2.24) is 15.1 Å². The third kappa shape index (κ3) is 3.55. The summed E-state index contributed by atoms with van der Waals surface area (Å²) in [5.41, 5.74) is 0.462. The molecule has 0 saturated carbocycles. The molecule has 1 heterocycles. The van der Waals surface area contributed by atoms with Crippen LogP contribution in [0.5, 0.6) is 0 Å². The van der Waals surface area contributed by atoms with Crippen LogP contribution in [-0.4, -0.2) is 22.9 Å². The lowest BCUT2D eigenvalue weighted by atomic mass is 9.90. The molecule has 4 heteroatoms. The number of alkyl halides is 1. The van der Waals surface area contributed by atoms with Crippen LogP contribution in [0.15, 0.2) is 6.20 Å². The summed E-state index contributed by atoms with van der Waals surface area (Å²) in [5.74, 6) is 0. The average molecular weight is 255 g/mol. The topological polar surface area (TPSA) is 29.9 Å². The number of hydrogen-bond acceptors (Lipinski definition) is 2. The quantitative estimate of drug-likeness (QED) is 0.723. The molecular weight excluding hydrogens is 229 g/mol. The molecule has 1 aromatic heterocycles. The summed E-state index contributed by atoms with van der Waals surface area (Å²) in [6.45, 7) is 7.89. The summed E-state index contributed by atoms with van der Waals surface area (Å²) in [5, 5.41) is 7.42. The fourth-order valence-corrected chi connectivity index (χ4v) is 2.49. The van der Waals surface area contributed by atoms with E-state index in [0.717, 1.165) is 37.2 Å². The number of halogens is 1. The van der Waals surface area contributed by atoms with Gasteiger partial charge in [-0.3, -0.25) is 4.68 Å². The highest BCUT2D eigenvalue weighted by Gasteiger charge is 2.33. The minimum Gasteiger partial charge on any atom is -0.317 e. The van der Waals surface area contributed by atoms with Crippen LogP contribution < -0.4 is 5.32 Å². The van der Waals surface area contributed by atoms with Gasteiger partial charge in [0.25, 0.3) is 0 Å². The van der Waals surface area contributed by atoms with Crippen LogP contribution in [-0.2, 0) is 12.7 Å². The third-order valence-electron chi connectivity index (χ3n) is 3.53. The Hall–Kier alpha value is -0.900. The molecule has 3 nitrogen and oxygen atoms in total. The van der Waals surface area contributed by atoms with Gasteiger partial charge in [0.15, 0.2) is 5.67 Å². The fourth-order valence-electron chi connectivity index (χ4n) is 2.49. The van der Waals surface area contributed by atoms with E-state index in [9.17, 15) is 0 Å². The average Bonchev–Trinajstić information content (AvgIpc) is 2.69. The Kier molecular flexibility index (Phi) is 5.79. The zero-order valence-electron chi connectivity index (χ0n) is 12.1. The summed E-state index contributed by atoms with van der Waals surface area (Å²) in [7, 11) is 1.82. The molecule has 0 spiro atoms. The molecule has 1 atom stereocenters. The standard InChI is InChI=1S/C14H26FN3/c1-5-14(15,9-7-8-10-16-6-2)13-12(3)11-17-18(13)4/h11,16H,5-10H2,1-4H3. The van der Waals surface area contributed by atoms with Crippen LogP contribution in [0.25, 0.3) is 0 Å². The lowest BCUT2D eigenvalue weighted by molar-refractivity contribution is 0.127. The Morgan fingerprint density at radius 1 is 1.39 bits per heavy atom. The second-order valence-corrected chi connectivity index (χ2v) is 4.93. The number of rotatable bonds is 8. The van der Waals surface area contributed by atoms with Crippen molar-refractivity contribution in [2.24, 2.45) is 7.05 Å². The molecular formula is C14H26FN3. The SMILES string of the molecule is CCNCCCCC(F)(CC)c1c(C)cnn1C. The molecule has 0 fully saturated rings. The normalized spacial score (nSPS) is 14.7. The molecule has 0 aromatic carbocycles. The van der Waals surface area contributed by atoms with Crippen LogP contribution in [0.4, 0.5) is 4.39 Å². The van der Waals surface area contributed by atoms with Gasteiger partial charge in [-0.1, -0.05) is 13.8 Å². The first kappa shape index (κ1) is 15.2. The van der Waals surface area contributed by atoms with Gasteiger partial charge < -0.3 is 5.32 Å². The first-order valence-corrected chi connectivity index (χ1v) is 6.94. The van der Waals surface area contributed by atoms with Crippen LogP contribution in [0, 0.1) is 6.92 Å². The lowest BCUT2D eigenvalue weighted by Crippen LogP contribution is -2.24. The summed E-state index contributed by atoms with van der Waals surface area (Å²) >= 11 is 0. The largest absolute Gasteiger partial charge is 0.317 e. The second kappa shape index (κ2) is 6.88. The van der Waals surface area contributed by atoms with Crippen molar-refractivity contribution in [1.29, 1.82) is 0 Å². The molecule has 0 radical (unpaired) electrons. The molecule has 0 bridgehead atoms. The van der Waals surface area contributed by atoms with Crippen molar-refractivity contribution in [2.75, 3.05) is 13.1 Å².